The average Bonchev–Trinajstić information content (AvgIpc) is 2.88. The van der Waals surface area contributed by atoms with E-state index < -0.39 is 24.3 Å². The Morgan fingerprint density at radius 2 is 1.54 bits per heavy atom. The highest BCUT2D eigenvalue weighted by atomic mass is 35.5. The molecule has 2 aromatic rings. The normalized spacial score (nSPS) is 12.9. The van der Waals surface area contributed by atoms with Crippen LogP contribution in [0.5, 0.6) is 5.75 Å². The lowest BCUT2D eigenvalue weighted by atomic mass is 10.1. The molecule has 3 rings (SSSR count). The van der Waals surface area contributed by atoms with Crippen molar-refractivity contribution >= 4 is 29.4 Å². The van der Waals surface area contributed by atoms with Gasteiger partial charge in [0.25, 0.3) is 11.8 Å². The molecule has 0 radical (unpaired) electrons. The lowest BCUT2D eigenvalue weighted by Gasteiger charge is -2.13. The van der Waals surface area contributed by atoms with Gasteiger partial charge in [0.2, 0.25) is 0 Å². The third-order valence-electron chi connectivity index (χ3n) is 3.80. The Kier molecular flexibility index (Phi) is 5.53. The van der Waals surface area contributed by atoms with Gasteiger partial charge in [0.1, 0.15) is 12.3 Å². The summed E-state index contributed by atoms with van der Waals surface area (Å²) < 4.78 is 10.6. The number of imide groups is 1. The van der Waals surface area contributed by atoms with Gasteiger partial charge in [-0.2, -0.15) is 0 Å². The number of halogens is 1. The standard InChI is InChI=1S/C19H16ClNO5/c20-13-6-8-14(9-7-13)25-10-3-11-26-17(22)12-21-18(23)15-4-1-2-5-16(15)19(21)24/h1-2,4-9H,3,10-12H2. The monoisotopic (exact) mass is 373 g/mol. The molecule has 1 aliphatic rings. The van der Waals surface area contributed by atoms with Crippen LogP contribution in [-0.4, -0.2) is 42.4 Å². The number of carbonyl (C=O) groups excluding carboxylic acids is 3. The zero-order chi connectivity index (χ0) is 18.5. The van der Waals surface area contributed by atoms with E-state index in [-0.39, 0.29) is 6.61 Å². The van der Waals surface area contributed by atoms with Gasteiger partial charge in [-0.3, -0.25) is 19.3 Å². The van der Waals surface area contributed by atoms with Crippen molar-refractivity contribution in [3.63, 3.8) is 0 Å². The van der Waals surface area contributed by atoms with Crippen LogP contribution in [0.1, 0.15) is 27.1 Å². The van der Waals surface area contributed by atoms with Gasteiger partial charge in [-0.15, -0.1) is 0 Å². The summed E-state index contributed by atoms with van der Waals surface area (Å²) in [4.78, 5) is 37.1. The molecule has 0 atom stereocenters. The van der Waals surface area contributed by atoms with Crippen LogP contribution in [0.25, 0.3) is 0 Å². The molecule has 0 spiro atoms. The molecule has 2 aromatic carbocycles. The fraction of sp³-hybridized carbons (Fsp3) is 0.211. The second-order valence-corrected chi connectivity index (χ2v) is 6.05. The van der Waals surface area contributed by atoms with Crippen LogP contribution in [0.4, 0.5) is 0 Å². The highest BCUT2D eigenvalue weighted by Gasteiger charge is 2.36. The molecule has 0 aromatic heterocycles. The summed E-state index contributed by atoms with van der Waals surface area (Å²) in [5.74, 6) is -0.917. The van der Waals surface area contributed by atoms with Gasteiger partial charge >= 0.3 is 5.97 Å². The molecule has 6 nitrogen and oxygen atoms in total. The van der Waals surface area contributed by atoms with Crippen LogP contribution in [0.2, 0.25) is 5.02 Å². The SMILES string of the molecule is O=C(CN1C(=O)c2ccccc2C1=O)OCCCOc1ccc(Cl)cc1. The minimum atomic E-state index is -0.633. The Morgan fingerprint density at radius 3 is 2.15 bits per heavy atom. The first-order chi connectivity index (χ1) is 12.6. The van der Waals surface area contributed by atoms with Crippen molar-refractivity contribution < 1.29 is 23.9 Å². The number of rotatable bonds is 7. The number of hydrogen-bond acceptors (Lipinski definition) is 5. The number of carbonyl (C=O) groups is 3. The van der Waals surface area contributed by atoms with E-state index in [4.69, 9.17) is 21.1 Å². The fourth-order valence-electron chi connectivity index (χ4n) is 2.52. The smallest absolute Gasteiger partial charge is 0.326 e. The first kappa shape index (κ1) is 17.9. The van der Waals surface area contributed by atoms with Gasteiger partial charge in [0, 0.05) is 11.4 Å². The summed E-state index contributed by atoms with van der Waals surface area (Å²) in [6.07, 6.45) is 0.483. The number of amides is 2. The maximum atomic E-state index is 12.2. The number of fused-ring (bicyclic) bond motifs is 1. The Bertz CT molecular complexity index is 799. The first-order valence-corrected chi connectivity index (χ1v) is 8.43. The highest BCUT2D eigenvalue weighted by Crippen LogP contribution is 2.22. The second kappa shape index (κ2) is 8.01. The number of hydrogen-bond donors (Lipinski definition) is 0. The van der Waals surface area contributed by atoms with Crippen LogP contribution >= 0.6 is 11.6 Å². The quantitative estimate of drug-likeness (QED) is 0.424. The van der Waals surface area contributed by atoms with E-state index in [1.54, 1.807) is 48.5 Å². The van der Waals surface area contributed by atoms with Crippen LogP contribution in [-0.2, 0) is 9.53 Å². The van der Waals surface area contributed by atoms with Crippen molar-refractivity contribution in [3.05, 3.63) is 64.7 Å². The van der Waals surface area contributed by atoms with Crippen molar-refractivity contribution in [1.82, 2.24) is 4.90 Å². The van der Waals surface area contributed by atoms with E-state index in [1.807, 2.05) is 0 Å². The molecule has 0 fully saturated rings. The highest BCUT2D eigenvalue weighted by molar-refractivity contribution is 6.30. The Balaban J connectivity index is 1.40. The minimum absolute atomic E-state index is 0.135. The summed E-state index contributed by atoms with van der Waals surface area (Å²) >= 11 is 5.79. The number of benzene rings is 2. The lowest BCUT2D eigenvalue weighted by molar-refractivity contribution is -0.144. The van der Waals surface area contributed by atoms with Crippen molar-refractivity contribution in [2.45, 2.75) is 6.42 Å². The van der Waals surface area contributed by atoms with Crippen LogP contribution in [0.3, 0.4) is 0 Å². The molecule has 7 heteroatoms. The number of nitrogens with zero attached hydrogens (tertiary/aromatic N) is 1. The van der Waals surface area contributed by atoms with Crippen LogP contribution < -0.4 is 4.74 Å². The van der Waals surface area contributed by atoms with Crippen molar-refractivity contribution in [1.29, 1.82) is 0 Å². The van der Waals surface area contributed by atoms with Gasteiger partial charge < -0.3 is 9.47 Å². The molecule has 2 amide bonds. The third-order valence-corrected chi connectivity index (χ3v) is 4.05. The van der Waals surface area contributed by atoms with Gasteiger partial charge in [-0.05, 0) is 36.4 Å². The Labute approximate surface area is 155 Å². The summed E-state index contributed by atoms with van der Waals surface area (Å²) in [5.41, 5.74) is 0.614. The first-order valence-electron chi connectivity index (χ1n) is 8.05. The summed E-state index contributed by atoms with van der Waals surface area (Å²) in [6.45, 7) is 0.0991. The van der Waals surface area contributed by atoms with Crippen molar-refractivity contribution in [2.75, 3.05) is 19.8 Å². The molecule has 0 aliphatic carbocycles. The number of esters is 1. The van der Waals surface area contributed by atoms with E-state index in [2.05, 4.69) is 0 Å². The van der Waals surface area contributed by atoms with E-state index in [0.717, 1.165) is 4.90 Å². The van der Waals surface area contributed by atoms with E-state index in [0.29, 0.717) is 34.9 Å². The molecular formula is C19H16ClNO5. The Morgan fingerprint density at radius 1 is 0.923 bits per heavy atom. The largest absolute Gasteiger partial charge is 0.493 e. The maximum absolute atomic E-state index is 12.2. The zero-order valence-corrected chi connectivity index (χ0v) is 14.6. The minimum Gasteiger partial charge on any atom is -0.493 e. The van der Waals surface area contributed by atoms with Gasteiger partial charge in [-0.25, -0.2) is 0 Å². The molecule has 0 N–H and O–H groups in total. The average molecular weight is 374 g/mol. The second-order valence-electron chi connectivity index (χ2n) is 5.62. The van der Waals surface area contributed by atoms with E-state index >= 15 is 0 Å². The predicted octanol–water partition coefficient (Wildman–Crippen LogP) is 2.95. The van der Waals surface area contributed by atoms with Crippen LogP contribution in [0.15, 0.2) is 48.5 Å². The fourth-order valence-corrected chi connectivity index (χ4v) is 2.65. The van der Waals surface area contributed by atoms with E-state index in [9.17, 15) is 14.4 Å². The molecule has 0 saturated carbocycles. The molecule has 1 heterocycles. The summed E-state index contributed by atoms with van der Waals surface area (Å²) in [6, 6.07) is 13.4. The molecule has 26 heavy (non-hydrogen) atoms. The molecule has 0 bridgehead atoms. The van der Waals surface area contributed by atoms with E-state index in [1.165, 1.54) is 0 Å². The van der Waals surface area contributed by atoms with Gasteiger partial charge in [-0.1, -0.05) is 23.7 Å². The molecule has 134 valence electrons. The predicted molar refractivity (Wildman–Crippen MR) is 94.3 cm³/mol. The zero-order valence-electron chi connectivity index (χ0n) is 13.8. The van der Waals surface area contributed by atoms with Crippen molar-refractivity contribution in [3.8, 4) is 5.75 Å². The van der Waals surface area contributed by atoms with Gasteiger partial charge in [0.05, 0.1) is 24.3 Å². The Hall–Kier alpha value is -2.86. The molecular weight excluding hydrogens is 358 g/mol. The maximum Gasteiger partial charge on any atom is 0.326 e. The van der Waals surface area contributed by atoms with Gasteiger partial charge in [0.15, 0.2) is 0 Å². The molecule has 0 unspecified atom stereocenters. The summed E-state index contributed by atoms with van der Waals surface area (Å²) in [5, 5.41) is 0.624. The third kappa shape index (κ3) is 4.03. The summed E-state index contributed by atoms with van der Waals surface area (Å²) in [7, 11) is 0. The number of ether oxygens (including phenoxy) is 2. The lowest BCUT2D eigenvalue weighted by Crippen LogP contribution is -2.35. The van der Waals surface area contributed by atoms with Crippen LogP contribution in [0, 0.1) is 0 Å². The molecule has 1 aliphatic heterocycles. The topological polar surface area (TPSA) is 72.9 Å². The molecule has 0 saturated heterocycles. The van der Waals surface area contributed by atoms with Crippen molar-refractivity contribution in [2.24, 2.45) is 0 Å².